The molecule has 1 aliphatic rings. The van der Waals surface area contributed by atoms with Gasteiger partial charge in [0.15, 0.2) is 0 Å². The highest BCUT2D eigenvalue weighted by Crippen LogP contribution is 2.36. The lowest BCUT2D eigenvalue weighted by Crippen LogP contribution is -2.48. The Morgan fingerprint density at radius 2 is 1.32 bits per heavy atom. The molecule has 0 saturated carbocycles. The predicted octanol–water partition coefficient (Wildman–Crippen LogP) is 11.6. The van der Waals surface area contributed by atoms with E-state index in [4.69, 9.17) is 61.1 Å². The number of halogens is 4. The molecule has 0 N–H and O–H groups in total. The second kappa shape index (κ2) is 23.1. The van der Waals surface area contributed by atoms with Crippen LogP contribution in [0.15, 0.2) is 146 Å². The van der Waals surface area contributed by atoms with Crippen molar-refractivity contribution in [2.75, 3.05) is 50.5 Å². The second-order valence-electron chi connectivity index (χ2n) is 15.4. The van der Waals surface area contributed by atoms with Crippen LogP contribution in [0.1, 0.15) is 50.9 Å². The summed E-state index contributed by atoms with van der Waals surface area (Å²) in [4.78, 5) is 6.99. The molecule has 13 heteroatoms. The number of anilines is 1. The van der Waals surface area contributed by atoms with Crippen LogP contribution in [0.4, 0.5) is 5.69 Å². The maximum absolute atomic E-state index is 11.5. The Balaban J connectivity index is 0.000000212. The van der Waals surface area contributed by atoms with Gasteiger partial charge in [0, 0.05) is 66.8 Å². The summed E-state index contributed by atoms with van der Waals surface area (Å²) in [6.45, 7) is 5.37. The lowest BCUT2D eigenvalue weighted by Gasteiger charge is -2.43. The third kappa shape index (κ3) is 14.6. The van der Waals surface area contributed by atoms with Crippen LogP contribution in [-0.4, -0.2) is 63.8 Å². The molecule has 6 aromatic carbocycles. The first-order valence-corrected chi connectivity index (χ1v) is 23.7. The van der Waals surface area contributed by atoms with Gasteiger partial charge in [-0.25, -0.2) is 0 Å². The van der Waals surface area contributed by atoms with Gasteiger partial charge in [-0.05, 0) is 88.8 Å². The molecular formula is C50H47Cl4N5O3S. The lowest BCUT2D eigenvalue weighted by molar-refractivity contribution is 0.196. The molecule has 0 radical (unpaired) electrons. The molecule has 1 fully saturated rings. The van der Waals surface area contributed by atoms with E-state index >= 15 is 0 Å². The third-order valence-corrected chi connectivity index (χ3v) is 12.5. The van der Waals surface area contributed by atoms with Crippen LogP contribution in [0, 0.1) is 22.7 Å². The Morgan fingerprint density at radius 1 is 0.730 bits per heavy atom. The molecule has 7 rings (SSSR count). The van der Waals surface area contributed by atoms with E-state index in [9.17, 15) is 8.42 Å². The summed E-state index contributed by atoms with van der Waals surface area (Å²) >= 11 is 25.3. The van der Waals surface area contributed by atoms with E-state index in [1.54, 1.807) is 18.2 Å². The molecule has 324 valence electrons. The maximum atomic E-state index is 11.5. The van der Waals surface area contributed by atoms with Gasteiger partial charge in [-0.1, -0.05) is 137 Å². The van der Waals surface area contributed by atoms with Gasteiger partial charge in [0.2, 0.25) is 0 Å². The first-order valence-electron chi connectivity index (χ1n) is 20.4. The Morgan fingerprint density at radius 3 is 1.90 bits per heavy atom. The van der Waals surface area contributed by atoms with Crippen molar-refractivity contribution in [1.29, 1.82) is 10.5 Å². The summed E-state index contributed by atoms with van der Waals surface area (Å²) in [6, 6.07) is 51.6. The summed E-state index contributed by atoms with van der Waals surface area (Å²) in [5, 5.41) is 20.9. The van der Waals surface area contributed by atoms with Crippen LogP contribution < -0.4 is 4.90 Å². The molecule has 63 heavy (non-hydrogen) atoms. The normalized spacial score (nSPS) is 14.6. The van der Waals surface area contributed by atoms with Crippen LogP contribution >= 0.6 is 46.4 Å². The van der Waals surface area contributed by atoms with Crippen molar-refractivity contribution >= 4 is 62.2 Å². The van der Waals surface area contributed by atoms with Crippen LogP contribution in [0.25, 0.3) is 0 Å². The van der Waals surface area contributed by atoms with Gasteiger partial charge in [-0.2, -0.15) is 18.9 Å². The molecule has 0 aromatic heterocycles. The summed E-state index contributed by atoms with van der Waals surface area (Å²) in [5.41, 5.74) is 7.71. The first kappa shape index (κ1) is 47.6. The topological polar surface area (TPSA) is 101 Å². The van der Waals surface area contributed by atoms with Crippen molar-refractivity contribution in [2.24, 2.45) is 0 Å². The van der Waals surface area contributed by atoms with Crippen molar-refractivity contribution in [3.63, 3.8) is 0 Å². The van der Waals surface area contributed by atoms with Gasteiger partial charge >= 0.3 is 0 Å². The van der Waals surface area contributed by atoms with Gasteiger partial charge in [-0.15, -0.1) is 0 Å². The van der Waals surface area contributed by atoms with Crippen molar-refractivity contribution in [3.05, 3.63) is 205 Å². The zero-order chi connectivity index (χ0) is 44.8. The van der Waals surface area contributed by atoms with E-state index in [1.165, 1.54) is 11.1 Å². The minimum absolute atomic E-state index is 0.0460. The molecule has 6 aromatic rings. The summed E-state index contributed by atoms with van der Waals surface area (Å²) in [5.74, 6) is 0.0460. The largest absolute Gasteiger partial charge is 0.361 e. The molecule has 0 aliphatic carbocycles. The Hall–Kier alpha value is -4.91. The van der Waals surface area contributed by atoms with E-state index in [-0.39, 0.29) is 18.6 Å². The standard InChI is InChI=1S/C26H26Cl2N2O3S.C24H21Cl2N3/c1-34(31,32)33-14-13-30(18-20-5-3-2-4-6-20)19-24(22-9-11-25(27)12-10-22)16-23-8-7-21(17-29)15-26(23)28;25-21-9-7-20(8-10-21)24-17-28(16-18-4-2-1-3-5-18)12-13-29(24)23-11-6-19(15-27)14-22(23)26/h2-12,15,24H,13-14,16,18-19H2,1H3;1-11,14,24H,12-13,16-17H2/t2*24-/m00/s1. The van der Waals surface area contributed by atoms with Gasteiger partial charge in [-0.3, -0.25) is 14.0 Å². The molecule has 0 bridgehead atoms. The fourth-order valence-corrected chi connectivity index (χ4v) is 8.85. The zero-order valence-corrected chi connectivity index (χ0v) is 38.6. The van der Waals surface area contributed by atoms with Crippen molar-refractivity contribution < 1.29 is 12.6 Å². The van der Waals surface area contributed by atoms with E-state index in [0.29, 0.717) is 52.2 Å². The number of hydrogen-bond donors (Lipinski definition) is 0. The maximum Gasteiger partial charge on any atom is 0.264 e. The average molecular weight is 940 g/mol. The van der Waals surface area contributed by atoms with Gasteiger partial charge < -0.3 is 4.90 Å². The number of rotatable bonds is 15. The highest BCUT2D eigenvalue weighted by molar-refractivity contribution is 7.85. The van der Waals surface area contributed by atoms with Crippen LogP contribution in [0.2, 0.25) is 20.1 Å². The number of nitrogens with zero attached hydrogens (tertiary/aromatic N) is 5. The molecule has 0 unspecified atom stereocenters. The summed E-state index contributed by atoms with van der Waals surface area (Å²) < 4.78 is 28.0. The van der Waals surface area contributed by atoms with Crippen LogP contribution in [0.3, 0.4) is 0 Å². The van der Waals surface area contributed by atoms with Gasteiger partial charge in [0.05, 0.1) is 52.9 Å². The number of hydrogen-bond acceptors (Lipinski definition) is 8. The van der Waals surface area contributed by atoms with Crippen molar-refractivity contribution in [3.8, 4) is 12.1 Å². The van der Waals surface area contributed by atoms with Crippen LogP contribution in [0.5, 0.6) is 0 Å². The lowest BCUT2D eigenvalue weighted by atomic mass is 9.91. The minimum Gasteiger partial charge on any atom is -0.361 e. The average Bonchev–Trinajstić information content (AvgIpc) is 3.28. The zero-order valence-electron chi connectivity index (χ0n) is 34.8. The first-order chi connectivity index (χ1) is 30.4. The fraction of sp³-hybridized carbons (Fsp3) is 0.240. The predicted molar refractivity (Wildman–Crippen MR) is 256 cm³/mol. The molecule has 2 atom stereocenters. The highest BCUT2D eigenvalue weighted by atomic mass is 35.5. The minimum atomic E-state index is -3.52. The molecule has 0 amide bonds. The molecule has 8 nitrogen and oxygen atoms in total. The smallest absolute Gasteiger partial charge is 0.264 e. The van der Waals surface area contributed by atoms with E-state index < -0.39 is 10.1 Å². The molecule has 1 aliphatic heterocycles. The third-order valence-electron chi connectivity index (χ3n) is 10.8. The monoisotopic (exact) mass is 937 g/mol. The van der Waals surface area contributed by atoms with E-state index in [2.05, 4.69) is 63.2 Å². The molecular weight excluding hydrogens is 892 g/mol. The van der Waals surface area contributed by atoms with E-state index in [0.717, 1.165) is 59.8 Å². The molecule has 0 spiro atoms. The number of benzene rings is 6. The fourth-order valence-electron chi connectivity index (χ4n) is 7.67. The van der Waals surface area contributed by atoms with E-state index in [1.807, 2.05) is 91.0 Å². The highest BCUT2D eigenvalue weighted by Gasteiger charge is 2.30. The Labute approximate surface area is 391 Å². The SMILES string of the molecule is CS(=O)(=O)OCCN(Cc1ccccc1)C[C@H](Cc1ccc(C#N)cc1Cl)c1ccc(Cl)cc1.N#Cc1ccc(N2CCN(Cc3ccccc3)C[C@H]2c2ccc(Cl)cc2)c(Cl)c1. The van der Waals surface area contributed by atoms with Gasteiger partial charge in [0.1, 0.15) is 0 Å². The van der Waals surface area contributed by atoms with Crippen molar-refractivity contribution in [2.45, 2.75) is 31.5 Å². The van der Waals surface area contributed by atoms with Crippen LogP contribution in [-0.2, 0) is 33.8 Å². The Kier molecular flexibility index (Phi) is 17.5. The summed E-state index contributed by atoms with van der Waals surface area (Å²) in [6.07, 6.45) is 1.70. The molecule has 1 heterocycles. The molecule has 1 saturated heterocycles. The van der Waals surface area contributed by atoms with Gasteiger partial charge in [0.25, 0.3) is 10.1 Å². The second-order valence-corrected chi connectivity index (χ2v) is 18.7. The number of nitriles is 2. The van der Waals surface area contributed by atoms with Crippen molar-refractivity contribution in [1.82, 2.24) is 9.80 Å². The number of piperazine rings is 1. The quantitative estimate of drug-likeness (QED) is 0.0939. The Bertz CT molecular complexity index is 2610. The summed E-state index contributed by atoms with van der Waals surface area (Å²) in [7, 11) is -3.52.